The molecule has 0 amide bonds. The van der Waals surface area contributed by atoms with Crippen molar-refractivity contribution in [3.63, 3.8) is 0 Å². The van der Waals surface area contributed by atoms with Crippen LogP contribution in [0.1, 0.15) is 44.6 Å². The maximum absolute atomic E-state index is 3.49. The summed E-state index contributed by atoms with van der Waals surface area (Å²) in [4.78, 5) is 0. The lowest BCUT2D eigenvalue weighted by molar-refractivity contribution is 0.0248. The van der Waals surface area contributed by atoms with E-state index in [9.17, 15) is 0 Å². The predicted molar refractivity (Wildman–Crippen MR) is 67.5 cm³/mol. The van der Waals surface area contributed by atoms with E-state index in [1.165, 1.54) is 19.3 Å². The summed E-state index contributed by atoms with van der Waals surface area (Å²) in [6, 6.07) is 3.03. The molecule has 1 N–H and O–H groups in total. The highest BCUT2D eigenvalue weighted by molar-refractivity contribution is 7.08. The van der Waals surface area contributed by atoms with E-state index >= 15 is 0 Å². The van der Waals surface area contributed by atoms with Crippen molar-refractivity contribution in [1.82, 2.24) is 5.32 Å². The summed E-state index contributed by atoms with van der Waals surface area (Å²) < 4.78 is 0. The van der Waals surface area contributed by atoms with Gasteiger partial charge < -0.3 is 5.32 Å². The molecule has 2 heteroatoms. The molecule has 1 heterocycles. The molecular formula is C13H21NS. The van der Waals surface area contributed by atoms with Gasteiger partial charge in [-0.1, -0.05) is 13.8 Å². The Morgan fingerprint density at radius 3 is 2.67 bits per heavy atom. The molecule has 1 aliphatic rings. The van der Waals surface area contributed by atoms with Gasteiger partial charge in [0.25, 0.3) is 0 Å². The van der Waals surface area contributed by atoms with Gasteiger partial charge in [-0.15, -0.1) is 0 Å². The van der Waals surface area contributed by atoms with Crippen molar-refractivity contribution in [3.8, 4) is 0 Å². The van der Waals surface area contributed by atoms with Crippen LogP contribution in [-0.4, -0.2) is 13.1 Å². The minimum Gasteiger partial charge on any atom is -0.316 e. The topological polar surface area (TPSA) is 12.0 Å². The highest BCUT2D eigenvalue weighted by Gasteiger charge is 2.52. The van der Waals surface area contributed by atoms with Crippen LogP contribution >= 0.6 is 11.3 Å². The molecule has 1 saturated carbocycles. The first-order valence-corrected chi connectivity index (χ1v) is 6.92. The molecule has 0 radical (unpaired) electrons. The van der Waals surface area contributed by atoms with Crippen LogP contribution in [0.25, 0.3) is 0 Å². The lowest BCUT2D eigenvalue weighted by Gasteiger charge is -2.56. The molecule has 0 aromatic carbocycles. The molecular weight excluding hydrogens is 202 g/mol. The van der Waals surface area contributed by atoms with E-state index in [0.717, 1.165) is 12.0 Å². The molecule has 1 fully saturated rings. The van der Waals surface area contributed by atoms with Crippen molar-refractivity contribution in [2.24, 2.45) is 5.41 Å². The van der Waals surface area contributed by atoms with E-state index < -0.39 is 0 Å². The number of rotatable bonds is 4. The Hall–Kier alpha value is -0.340. The van der Waals surface area contributed by atoms with Crippen LogP contribution in [0.5, 0.6) is 0 Å². The van der Waals surface area contributed by atoms with Crippen LogP contribution in [0.2, 0.25) is 0 Å². The van der Waals surface area contributed by atoms with Crippen molar-refractivity contribution >= 4 is 11.3 Å². The summed E-state index contributed by atoms with van der Waals surface area (Å²) in [5.74, 6) is 0.788. The fraction of sp³-hybridized carbons (Fsp3) is 0.692. The summed E-state index contributed by atoms with van der Waals surface area (Å²) >= 11 is 1.83. The fourth-order valence-electron chi connectivity index (χ4n) is 3.37. The number of hydrogen-bond acceptors (Lipinski definition) is 2. The lowest BCUT2D eigenvalue weighted by Crippen LogP contribution is -2.57. The van der Waals surface area contributed by atoms with Gasteiger partial charge in [0.15, 0.2) is 0 Å². The van der Waals surface area contributed by atoms with Gasteiger partial charge in [0, 0.05) is 6.04 Å². The highest BCUT2D eigenvalue weighted by atomic mass is 32.1. The van der Waals surface area contributed by atoms with Crippen LogP contribution in [0, 0.1) is 5.41 Å². The number of hydrogen-bond donors (Lipinski definition) is 1. The largest absolute Gasteiger partial charge is 0.316 e. The van der Waals surface area contributed by atoms with Crippen LogP contribution < -0.4 is 5.32 Å². The molecule has 1 aromatic heterocycles. The fourth-order valence-corrected chi connectivity index (χ4v) is 4.08. The van der Waals surface area contributed by atoms with Crippen LogP contribution in [0.4, 0.5) is 0 Å². The Morgan fingerprint density at radius 2 is 2.20 bits per heavy atom. The Morgan fingerprint density at radius 1 is 1.47 bits per heavy atom. The van der Waals surface area contributed by atoms with Gasteiger partial charge in [-0.3, -0.25) is 0 Å². The van der Waals surface area contributed by atoms with Crippen molar-refractivity contribution < 1.29 is 0 Å². The van der Waals surface area contributed by atoms with Gasteiger partial charge in [0.2, 0.25) is 0 Å². The SMILES string of the molecule is CCC1(CC)C(NC)CC1c1ccsc1. The summed E-state index contributed by atoms with van der Waals surface area (Å²) in [5, 5.41) is 8.03. The summed E-state index contributed by atoms with van der Waals surface area (Å²) in [6.45, 7) is 4.68. The van der Waals surface area contributed by atoms with Crippen molar-refractivity contribution in [2.75, 3.05) is 7.05 Å². The molecule has 1 nitrogen and oxygen atoms in total. The zero-order valence-electron chi connectivity index (χ0n) is 9.92. The first-order valence-electron chi connectivity index (χ1n) is 5.97. The minimum atomic E-state index is 0.510. The molecule has 1 aromatic rings. The van der Waals surface area contributed by atoms with E-state index in [2.05, 4.69) is 43.0 Å². The van der Waals surface area contributed by atoms with E-state index in [-0.39, 0.29) is 0 Å². The molecule has 2 atom stereocenters. The second-order valence-electron chi connectivity index (χ2n) is 4.63. The van der Waals surface area contributed by atoms with Crippen molar-refractivity contribution in [2.45, 2.75) is 45.1 Å². The smallest absolute Gasteiger partial charge is 0.0132 e. The average Bonchev–Trinajstić information content (AvgIpc) is 2.72. The maximum atomic E-state index is 3.49. The molecule has 1 aliphatic carbocycles. The summed E-state index contributed by atoms with van der Waals surface area (Å²) in [6.07, 6.45) is 3.89. The third-order valence-corrected chi connectivity index (χ3v) is 5.17. The van der Waals surface area contributed by atoms with Gasteiger partial charge >= 0.3 is 0 Å². The lowest BCUT2D eigenvalue weighted by atomic mass is 9.52. The van der Waals surface area contributed by atoms with Gasteiger partial charge in [-0.05, 0) is 60.0 Å². The molecule has 0 saturated heterocycles. The normalized spacial score (nSPS) is 28.7. The summed E-state index contributed by atoms with van der Waals surface area (Å²) in [7, 11) is 2.11. The average molecular weight is 223 g/mol. The van der Waals surface area contributed by atoms with Gasteiger partial charge in [0.1, 0.15) is 0 Å². The number of nitrogens with one attached hydrogen (secondary N) is 1. The Kier molecular flexibility index (Phi) is 3.17. The second kappa shape index (κ2) is 4.26. The van der Waals surface area contributed by atoms with E-state index in [0.29, 0.717) is 5.41 Å². The van der Waals surface area contributed by atoms with Gasteiger partial charge in [-0.2, -0.15) is 11.3 Å². The Balaban J connectivity index is 2.22. The molecule has 2 unspecified atom stereocenters. The first-order chi connectivity index (χ1) is 7.28. The van der Waals surface area contributed by atoms with E-state index in [4.69, 9.17) is 0 Å². The van der Waals surface area contributed by atoms with E-state index in [1.807, 2.05) is 11.3 Å². The molecule has 0 spiro atoms. The Labute approximate surface area is 96.9 Å². The molecule has 0 aliphatic heterocycles. The predicted octanol–water partition coefficient (Wildman–Crippen LogP) is 3.63. The molecule has 84 valence electrons. The van der Waals surface area contributed by atoms with Gasteiger partial charge in [0.05, 0.1) is 0 Å². The van der Waals surface area contributed by atoms with Gasteiger partial charge in [-0.25, -0.2) is 0 Å². The van der Waals surface area contributed by atoms with Crippen LogP contribution in [-0.2, 0) is 0 Å². The third-order valence-electron chi connectivity index (χ3n) is 4.47. The standard InChI is InChI=1S/C13H21NS/c1-4-13(5-2)11(8-12(13)14-3)10-6-7-15-9-10/h6-7,9,11-12,14H,4-5,8H2,1-3H3. The van der Waals surface area contributed by atoms with Crippen LogP contribution in [0.15, 0.2) is 16.8 Å². The second-order valence-corrected chi connectivity index (χ2v) is 5.41. The third kappa shape index (κ3) is 1.55. The number of thiophene rings is 1. The minimum absolute atomic E-state index is 0.510. The highest BCUT2D eigenvalue weighted by Crippen LogP contribution is 2.57. The molecule has 2 rings (SSSR count). The monoisotopic (exact) mass is 223 g/mol. The zero-order valence-corrected chi connectivity index (χ0v) is 10.7. The van der Waals surface area contributed by atoms with Crippen LogP contribution in [0.3, 0.4) is 0 Å². The zero-order chi connectivity index (χ0) is 10.9. The Bertz CT molecular complexity index is 300. The molecule has 0 bridgehead atoms. The quantitative estimate of drug-likeness (QED) is 0.822. The maximum Gasteiger partial charge on any atom is 0.0132 e. The molecule has 15 heavy (non-hydrogen) atoms. The van der Waals surface area contributed by atoms with E-state index in [1.54, 1.807) is 5.56 Å². The first kappa shape index (κ1) is 11.2. The summed E-state index contributed by atoms with van der Waals surface area (Å²) in [5.41, 5.74) is 2.07. The van der Waals surface area contributed by atoms with Crippen molar-refractivity contribution in [3.05, 3.63) is 22.4 Å². The van der Waals surface area contributed by atoms with Crippen molar-refractivity contribution in [1.29, 1.82) is 0 Å².